The van der Waals surface area contributed by atoms with Crippen LogP contribution in [-0.4, -0.2) is 14.5 Å². The van der Waals surface area contributed by atoms with E-state index in [1.165, 1.54) is 0 Å². The summed E-state index contributed by atoms with van der Waals surface area (Å²) < 4.78 is 2.29. The van der Waals surface area contributed by atoms with Gasteiger partial charge in [-0.3, -0.25) is 0 Å². The number of hydrogen-bond donors (Lipinski definition) is 0. The predicted molar refractivity (Wildman–Crippen MR) is 275 cm³/mol. The highest BCUT2D eigenvalue weighted by molar-refractivity contribution is 6.10. The van der Waals surface area contributed by atoms with Crippen LogP contribution in [0.4, 0.5) is 28.4 Å². The van der Waals surface area contributed by atoms with Crippen molar-refractivity contribution < 1.29 is 0 Å². The second-order valence-electron chi connectivity index (χ2n) is 16.3. The van der Waals surface area contributed by atoms with E-state index in [0.29, 0.717) is 22.8 Å². The summed E-state index contributed by atoms with van der Waals surface area (Å²) in [5.74, 6) is 0.664. The standard InChI is InChI=1S/C61H37N7/c1-63-48-24-30-50(31-25-48)67(51-32-26-49(64-2)27-33-51)53-34-36-60-56(38-53)55-15-9-10-16-59(55)68(60)52-28-21-41(22-29-52)46-23-35-54(47(37-46)40-62)42-17-19-44(20-18-42)58-39-57(43-11-5-3-6-12-43)65-61(66-58)45-13-7-4-8-14-45/h3-39H. The Bertz CT molecular complexity index is 3670. The van der Waals surface area contributed by atoms with Crippen molar-refractivity contribution in [2.75, 3.05) is 4.90 Å². The molecular weight excluding hydrogens is 831 g/mol. The lowest BCUT2D eigenvalue weighted by Crippen LogP contribution is -2.09. The van der Waals surface area contributed by atoms with Gasteiger partial charge in [-0.2, -0.15) is 5.26 Å². The first-order valence-electron chi connectivity index (χ1n) is 22.1. The summed E-state index contributed by atoms with van der Waals surface area (Å²) in [6.45, 7) is 15.0. The molecule has 7 nitrogen and oxygen atoms in total. The van der Waals surface area contributed by atoms with Crippen LogP contribution >= 0.6 is 0 Å². The molecule has 0 saturated heterocycles. The Kier molecular flexibility index (Phi) is 10.6. The van der Waals surface area contributed by atoms with E-state index in [1.807, 2.05) is 115 Å². The smallest absolute Gasteiger partial charge is 0.187 e. The summed E-state index contributed by atoms with van der Waals surface area (Å²) in [6.07, 6.45) is 0. The lowest BCUT2D eigenvalue weighted by molar-refractivity contribution is 1.18. The maximum Gasteiger partial charge on any atom is 0.187 e. The minimum Gasteiger partial charge on any atom is -0.311 e. The molecule has 0 aliphatic carbocycles. The Balaban J connectivity index is 0.901. The molecule has 2 heterocycles. The molecule has 2 aromatic heterocycles. The van der Waals surface area contributed by atoms with Crippen molar-refractivity contribution in [3.05, 3.63) is 253 Å². The number of aromatic nitrogens is 3. The molecule has 316 valence electrons. The molecule has 0 aliphatic rings. The number of fused-ring (bicyclic) bond motifs is 3. The van der Waals surface area contributed by atoms with Gasteiger partial charge < -0.3 is 9.47 Å². The van der Waals surface area contributed by atoms with Crippen LogP contribution in [0.3, 0.4) is 0 Å². The number of para-hydroxylation sites is 1. The van der Waals surface area contributed by atoms with Crippen molar-refractivity contribution in [3.8, 4) is 67.9 Å². The number of anilines is 3. The van der Waals surface area contributed by atoms with Gasteiger partial charge >= 0.3 is 0 Å². The normalized spacial score (nSPS) is 10.9. The molecule has 0 atom stereocenters. The lowest BCUT2D eigenvalue weighted by atomic mass is 9.94. The molecule has 0 saturated carbocycles. The van der Waals surface area contributed by atoms with Crippen LogP contribution in [0.15, 0.2) is 224 Å². The van der Waals surface area contributed by atoms with Gasteiger partial charge in [0.2, 0.25) is 0 Å². The third kappa shape index (κ3) is 7.67. The molecule has 0 N–H and O–H groups in total. The van der Waals surface area contributed by atoms with Gasteiger partial charge in [0.05, 0.1) is 47.2 Å². The van der Waals surface area contributed by atoms with E-state index >= 15 is 0 Å². The van der Waals surface area contributed by atoms with E-state index in [1.54, 1.807) is 0 Å². The summed E-state index contributed by atoms with van der Waals surface area (Å²) in [5.41, 5.74) is 16.0. The average molecular weight is 868 g/mol. The van der Waals surface area contributed by atoms with Crippen LogP contribution < -0.4 is 4.90 Å². The largest absolute Gasteiger partial charge is 0.311 e. The van der Waals surface area contributed by atoms with E-state index < -0.39 is 0 Å². The van der Waals surface area contributed by atoms with Crippen molar-refractivity contribution in [2.24, 2.45) is 0 Å². The number of rotatable bonds is 9. The van der Waals surface area contributed by atoms with Gasteiger partial charge in [0.15, 0.2) is 17.2 Å². The maximum absolute atomic E-state index is 10.5. The number of hydrogen-bond acceptors (Lipinski definition) is 4. The molecule has 0 fully saturated rings. The van der Waals surface area contributed by atoms with Gasteiger partial charge in [0.1, 0.15) is 0 Å². The fourth-order valence-corrected chi connectivity index (χ4v) is 8.94. The van der Waals surface area contributed by atoms with Gasteiger partial charge in [-0.25, -0.2) is 19.7 Å². The predicted octanol–water partition coefficient (Wildman–Crippen LogP) is 16.4. The van der Waals surface area contributed by atoms with Crippen LogP contribution in [0.5, 0.6) is 0 Å². The first-order chi connectivity index (χ1) is 33.5. The van der Waals surface area contributed by atoms with Gasteiger partial charge in [0.25, 0.3) is 0 Å². The van der Waals surface area contributed by atoms with Crippen molar-refractivity contribution in [1.29, 1.82) is 5.26 Å². The van der Waals surface area contributed by atoms with Crippen molar-refractivity contribution in [3.63, 3.8) is 0 Å². The van der Waals surface area contributed by atoms with Crippen LogP contribution in [0.2, 0.25) is 0 Å². The quantitative estimate of drug-likeness (QED) is 0.136. The monoisotopic (exact) mass is 867 g/mol. The summed E-state index contributed by atoms with van der Waals surface area (Å²) in [4.78, 5) is 19.3. The molecule has 0 bridgehead atoms. The molecule has 11 rings (SSSR count). The molecule has 0 spiro atoms. The number of nitrogens with zero attached hydrogens (tertiary/aromatic N) is 7. The molecule has 0 amide bonds. The second-order valence-corrected chi connectivity index (χ2v) is 16.3. The Morgan fingerprint density at radius 1 is 0.426 bits per heavy atom. The summed E-state index contributed by atoms with van der Waals surface area (Å²) >= 11 is 0. The van der Waals surface area contributed by atoms with Crippen molar-refractivity contribution in [2.45, 2.75) is 0 Å². The van der Waals surface area contributed by atoms with E-state index in [0.717, 1.165) is 94.9 Å². The van der Waals surface area contributed by atoms with Crippen molar-refractivity contribution >= 4 is 50.2 Å². The zero-order valence-corrected chi connectivity index (χ0v) is 36.5. The molecule has 0 aliphatic heterocycles. The molecular formula is C61H37N7. The highest BCUT2D eigenvalue weighted by Gasteiger charge is 2.19. The lowest BCUT2D eigenvalue weighted by Gasteiger charge is -2.26. The molecule has 0 radical (unpaired) electrons. The SMILES string of the molecule is [C-]#[N+]c1ccc(N(c2ccc([N+]#[C-])cc2)c2ccc3c(c2)c2ccccc2n3-c2ccc(-c3ccc(-c4ccc(-c5cc(-c6ccccc6)nc(-c6ccccc6)n5)cc4)c(C#N)c3)cc2)cc1. The molecule has 11 aromatic rings. The van der Waals surface area contributed by atoms with Gasteiger partial charge in [-0.05, 0) is 95.1 Å². The third-order valence-electron chi connectivity index (χ3n) is 12.3. The van der Waals surface area contributed by atoms with Gasteiger partial charge in [-0.1, -0.05) is 152 Å². The first-order valence-corrected chi connectivity index (χ1v) is 22.1. The molecule has 7 heteroatoms. The third-order valence-corrected chi connectivity index (χ3v) is 12.3. The Morgan fingerprint density at radius 3 is 1.56 bits per heavy atom. The van der Waals surface area contributed by atoms with E-state index in [4.69, 9.17) is 23.1 Å². The second kappa shape index (κ2) is 17.6. The van der Waals surface area contributed by atoms with E-state index in [9.17, 15) is 5.26 Å². The highest BCUT2D eigenvalue weighted by Crippen LogP contribution is 2.41. The highest BCUT2D eigenvalue weighted by atomic mass is 15.1. The molecule has 0 unspecified atom stereocenters. The Morgan fingerprint density at radius 2 is 0.941 bits per heavy atom. The molecule has 68 heavy (non-hydrogen) atoms. The fraction of sp³-hybridized carbons (Fsp3) is 0. The van der Waals surface area contributed by atoms with Crippen LogP contribution in [0.1, 0.15) is 5.56 Å². The summed E-state index contributed by atoms with van der Waals surface area (Å²) in [5, 5.41) is 12.7. The topological polar surface area (TPSA) is 66.5 Å². The first kappa shape index (κ1) is 40.9. The minimum atomic E-state index is 0.571. The molecule has 9 aromatic carbocycles. The zero-order chi connectivity index (χ0) is 46.0. The van der Waals surface area contributed by atoms with Gasteiger partial charge in [-0.15, -0.1) is 0 Å². The van der Waals surface area contributed by atoms with Crippen molar-refractivity contribution in [1.82, 2.24) is 14.5 Å². The average Bonchev–Trinajstić information content (AvgIpc) is 3.75. The Labute approximate surface area is 394 Å². The summed E-state index contributed by atoms with van der Waals surface area (Å²) in [7, 11) is 0. The maximum atomic E-state index is 10.5. The number of nitriles is 1. The number of benzene rings is 9. The summed E-state index contributed by atoms with van der Waals surface area (Å²) in [6, 6.07) is 77.6. The van der Waals surface area contributed by atoms with Crippen LogP contribution in [0.25, 0.3) is 93.3 Å². The van der Waals surface area contributed by atoms with Crippen LogP contribution in [-0.2, 0) is 0 Å². The van der Waals surface area contributed by atoms with Crippen LogP contribution in [0, 0.1) is 24.5 Å². The Hall–Kier alpha value is -9.87. The zero-order valence-electron chi connectivity index (χ0n) is 36.5. The fourth-order valence-electron chi connectivity index (χ4n) is 8.94. The van der Waals surface area contributed by atoms with E-state index in [-0.39, 0.29) is 0 Å². The minimum absolute atomic E-state index is 0.571. The van der Waals surface area contributed by atoms with Gasteiger partial charge in [0, 0.05) is 50.2 Å². The van der Waals surface area contributed by atoms with E-state index in [2.05, 4.69) is 134 Å².